The molecule has 0 aliphatic heterocycles. The highest BCUT2D eigenvalue weighted by Crippen LogP contribution is 2.26. The van der Waals surface area contributed by atoms with E-state index >= 15 is 0 Å². The van der Waals surface area contributed by atoms with Crippen LogP contribution in [-0.4, -0.2) is 25.6 Å². The van der Waals surface area contributed by atoms with Crippen molar-refractivity contribution in [3.05, 3.63) is 87.6 Å². The van der Waals surface area contributed by atoms with Crippen molar-refractivity contribution in [2.45, 2.75) is 34.0 Å². The summed E-state index contributed by atoms with van der Waals surface area (Å²) >= 11 is 6.16. The van der Waals surface area contributed by atoms with Gasteiger partial charge >= 0.3 is 5.97 Å². The summed E-state index contributed by atoms with van der Waals surface area (Å²) < 4.78 is 13.2. The van der Waals surface area contributed by atoms with Gasteiger partial charge < -0.3 is 9.47 Å². The second-order valence-corrected chi connectivity index (χ2v) is 7.65. The van der Waals surface area contributed by atoms with Gasteiger partial charge in [-0.1, -0.05) is 17.7 Å². The van der Waals surface area contributed by atoms with Gasteiger partial charge in [0.1, 0.15) is 24.5 Å². The number of hydrogen-bond donors (Lipinski definition) is 0. The van der Waals surface area contributed by atoms with Gasteiger partial charge in [0.15, 0.2) is 5.65 Å². The highest BCUT2D eigenvalue weighted by Gasteiger charge is 2.21. The molecule has 3 heterocycles. The first-order valence-corrected chi connectivity index (χ1v) is 10.1. The van der Waals surface area contributed by atoms with Gasteiger partial charge in [-0.2, -0.15) is 5.10 Å². The molecule has 0 saturated heterocycles. The molecule has 158 valence electrons. The average Bonchev–Trinajstić information content (AvgIpc) is 3.08. The maximum Gasteiger partial charge on any atom is 0.344 e. The molecule has 0 unspecified atom stereocenters. The van der Waals surface area contributed by atoms with Crippen molar-refractivity contribution in [2.24, 2.45) is 0 Å². The van der Waals surface area contributed by atoms with Gasteiger partial charge in [0, 0.05) is 39.9 Å². The third-order valence-corrected chi connectivity index (χ3v) is 5.01. The minimum atomic E-state index is -0.497. The predicted molar refractivity (Wildman–Crippen MR) is 116 cm³/mol. The van der Waals surface area contributed by atoms with Gasteiger partial charge in [0.25, 0.3) is 0 Å². The first-order valence-electron chi connectivity index (χ1n) is 9.73. The summed E-state index contributed by atoms with van der Waals surface area (Å²) in [4.78, 5) is 21.5. The maximum atomic E-state index is 12.9. The summed E-state index contributed by atoms with van der Waals surface area (Å²) in [5, 5.41) is 4.95. The number of esters is 1. The van der Waals surface area contributed by atoms with Crippen LogP contribution in [0.2, 0.25) is 5.02 Å². The fourth-order valence-corrected chi connectivity index (χ4v) is 3.52. The van der Waals surface area contributed by atoms with Gasteiger partial charge in [-0.3, -0.25) is 4.98 Å². The third-order valence-electron chi connectivity index (χ3n) is 4.77. The number of carbonyl (C=O) groups is 1. The number of rotatable bonds is 6. The number of benzene rings is 1. The molecule has 0 fully saturated rings. The molecule has 0 N–H and O–H groups in total. The van der Waals surface area contributed by atoms with Crippen molar-refractivity contribution in [1.29, 1.82) is 0 Å². The maximum absolute atomic E-state index is 12.9. The predicted octanol–water partition coefficient (Wildman–Crippen LogP) is 4.64. The first kappa shape index (κ1) is 20.8. The van der Waals surface area contributed by atoms with Crippen LogP contribution in [0.15, 0.2) is 48.8 Å². The molecular weight excluding hydrogens is 416 g/mol. The Morgan fingerprint density at radius 2 is 1.97 bits per heavy atom. The van der Waals surface area contributed by atoms with Crippen molar-refractivity contribution >= 4 is 23.2 Å². The fraction of sp³-hybridized carbons (Fsp3) is 0.217. The van der Waals surface area contributed by atoms with Crippen LogP contribution in [0, 0.1) is 20.8 Å². The highest BCUT2D eigenvalue weighted by molar-refractivity contribution is 6.30. The lowest BCUT2D eigenvalue weighted by Crippen LogP contribution is -2.09. The average molecular weight is 437 g/mol. The fourth-order valence-electron chi connectivity index (χ4n) is 3.33. The third kappa shape index (κ3) is 4.51. The summed E-state index contributed by atoms with van der Waals surface area (Å²) in [5.41, 5.74) is 4.69. The smallest absolute Gasteiger partial charge is 0.344 e. The molecule has 0 bridgehead atoms. The molecule has 4 rings (SSSR count). The topological polar surface area (TPSA) is 78.6 Å². The zero-order chi connectivity index (χ0) is 22.0. The Morgan fingerprint density at radius 3 is 2.74 bits per heavy atom. The first-order chi connectivity index (χ1) is 14.9. The number of halogens is 1. The Kier molecular flexibility index (Phi) is 5.86. The number of hydrogen-bond acceptors (Lipinski definition) is 6. The molecule has 7 nitrogen and oxygen atoms in total. The van der Waals surface area contributed by atoms with Crippen LogP contribution >= 0.6 is 11.6 Å². The van der Waals surface area contributed by atoms with Crippen molar-refractivity contribution in [1.82, 2.24) is 19.6 Å². The van der Waals surface area contributed by atoms with Gasteiger partial charge in [0.05, 0.1) is 5.69 Å². The molecule has 0 spiro atoms. The zero-order valence-corrected chi connectivity index (χ0v) is 18.2. The molecule has 0 amide bonds. The molecule has 0 saturated carbocycles. The number of carbonyl (C=O) groups excluding carboxylic acids is 1. The van der Waals surface area contributed by atoms with Gasteiger partial charge in [-0.05, 0) is 51.1 Å². The highest BCUT2D eigenvalue weighted by atomic mass is 35.5. The van der Waals surface area contributed by atoms with E-state index in [1.165, 1.54) is 0 Å². The minimum absolute atomic E-state index is 0.00332. The van der Waals surface area contributed by atoms with E-state index in [-0.39, 0.29) is 6.61 Å². The van der Waals surface area contributed by atoms with Crippen molar-refractivity contribution in [3.63, 3.8) is 0 Å². The molecular formula is C23H21ClN4O3. The number of aromatic nitrogens is 4. The molecule has 1 aromatic carbocycles. The van der Waals surface area contributed by atoms with Crippen LogP contribution in [0.4, 0.5) is 0 Å². The largest absolute Gasteiger partial charge is 0.488 e. The number of nitrogens with zero attached hydrogens (tertiary/aromatic N) is 4. The Hall–Kier alpha value is -3.45. The number of fused-ring (bicyclic) bond motifs is 1. The van der Waals surface area contributed by atoms with Crippen LogP contribution < -0.4 is 4.74 Å². The van der Waals surface area contributed by atoms with Crippen LogP contribution in [0.5, 0.6) is 5.75 Å². The molecule has 0 atom stereocenters. The van der Waals surface area contributed by atoms with Crippen LogP contribution in [-0.2, 0) is 18.0 Å². The molecule has 8 heteroatoms. The second kappa shape index (κ2) is 8.73. The normalized spacial score (nSPS) is 11.0. The lowest BCUT2D eigenvalue weighted by molar-refractivity contribution is 0.0470. The van der Waals surface area contributed by atoms with Crippen molar-refractivity contribution in [2.75, 3.05) is 0 Å². The number of ether oxygens (including phenoxy) is 2. The summed E-state index contributed by atoms with van der Waals surface area (Å²) in [6.07, 6.45) is 3.44. The SMILES string of the molecule is Cc1cc(C)n2nc(C)c(C(=O)OCc3cc(Cl)ccc3OCc3cccnc3)c2n1. The van der Waals surface area contributed by atoms with Crippen molar-refractivity contribution < 1.29 is 14.3 Å². The minimum Gasteiger partial charge on any atom is -0.488 e. The van der Waals surface area contributed by atoms with Gasteiger partial charge in [-0.15, -0.1) is 0 Å². The summed E-state index contributed by atoms with van der Waals surface area (Å²) in [7, 11) is 0. The summed E-state index contributed by atoms with van der Waals surface area (Å²) in [6.45, 7) is 5.90. The van der Waals surface area contributed by atoms with E-state index in [0.29, 0.717) is 39.8 Å². The van der Waals surface area contributed by atoms with Crippen LogP contribution in [0.1, 0.15) is 38.6 Å². The lowest BCUT2D eigenvalue weighted by atomic mass is 10.2. The molecule has 3 aromatic heterocycles. The molecule has 0 aliphatic rings. The lowest BCUT2D eigenvalue weighted by Gasteiger charge is -2.12. The standard InChI is InChI=1S/C23H21ClN4O3/c1-14-9-15(2)28-22(26-14)21(16(3)27-28)23(29)31-13-18-10-19(24)6-7-20(18)30-12-17-5-4-8-25-11-17/h4-11H,12-13H2,1-3H3. The van der Waals surface area contributed by atoms with E-state index < -0.39 is 5.97 Å². The Morgan fingerprint density at radius 1 is 1.13 bits per heavy atom. The van der Waals surface area contributed by atoms with E-state index in [0.717, 1.165) is 17.0 Å². The van der Waals surface area contributed by atoms with E-state index in [2.05, 4.69) is 15.1 Å². The van der Waals surface area contributed by atoms with Crippen LogP contribution in [0.3, 0.4) is 0 Å². The van der Waals surface area contributed by atoms with E-state index in [1.807, 2.05) is 32.0 Å². The molecule has 0 radical (unpaired) electrons. The van der Waals surface area contributed by atoms with Crippen molar-refractivity contribution in [3.8, 4) is 5.75 Å². The zero-order valence-electron chi connectivity index (χ0n) is 17.4. The summed E-state index contributed by atoms with van der Waals surface area (Å²) in [5.74, 6) is 0.0886. The Bertz CT molecular complexity index is 1250. The van der Waals surface area contributed by atoms with E-state index in [1.54, 1.807) is 42.0 Å². The van der Waals surface area contributed by atoms with E-state index in [9.17, 15) is 4.79 Å². The molecule has 31 heavy (non-hydrogen) atoms. The summed E-state index contributed by atoms with van der Waals surface area (Å²) in [6, 6.07) is 10.9. The monoisotopic (exact) mass is 436 g/mol. The van der Waals surface area contributed by atoms with Gasteiger partial charge in [0.2, 0.25) is 0 Å². The number of pyridine rings is 1. The molecule has 4 aromatic rings. The van der Waals surface area contributed by atoms with Gasteiger partial charge in [-0.25, -0.2) is 14.3 Å². The second-order valence-electron chi connectivity index (χ2n) is 7.21. The van der Waals surface area contributed by atoms with Crippen LogP contribution in [0.25, 0.3) is 5.65 Å². The van der Waals surface area contributed by atoms with E-state index in [4.69, 9.17) is 21.1 Å². The quantitative estimate of drug-likeness (QED) is 0.410. The Labute approximate surface area is 184 Å². The molecule has 0 aliphatic carbocycles. The number of aryl methyl sites for hydroxylation is 3. The Balaban J connectivity index is 1.54.